The lowest BCUT2D eigenvalue weighted by molar-refractivity contribution is -0.358. The van der Waals surface area contributed by atoms with Crippen LogP contribution in [0, 0.1) is 0 Å². The van der Waals surface area contributed by atoms with Gasteiger partial charge in [-0.3, -0.25) is 9.68 Å². The molecule has 1 saturated heterocycles. The van der Waals surface area contributed by atoms with Gasteiger partial charge in [0.2, 0.25) is 0 Å². The maximum absolute atomic E-state index is 11.6. The molecular weight excluding hydrogens is 206 g/mol. The number of ether oxygens (including phenoxy) is 2. The topological polar surface area (TPSA) is 74.3 Å². The van der Waals surface area contributed by atoms with E-state index in [1.165, 1.54) is 21.3 Å². The number of carbonyl (C=O) groups excluding carboxylic acids is 2. The minimum Gasteiger partial charge on any atom is -0.467 e. The van der Waals surface area contributed by atoms with Gasteiger partial charge >= 0.3 is 11.9 Å². The second-order valence-corrected chi connectivity index (χ2v) is 2.87. The van der Waals surface area contributed by atoms with Crippen molar-refractivity contribution in [2.24, 2.45) is 0 Å². The highest BCUT2D eigenvalue weighted by atomic mass is 17.0. The number of nitrogens with zero attached hydrogens (tertiary/aromatic N) is 1. The van der Waals surface area contributed by atoms with Crippen LogP contribution in [0.5, 0.6) is 0 Å². The number of methoxy groups -OCH3 is 2. The van der Waals surface area contributed by atoms with Gasteiger partial charge in [0.25, 0.3) is 5.54 Å². The number of esters is 2. The van der Waals surface area contributed by atoms with Gasteiger partial charge in [0.1, 0.15) is 0 Å². The zero-order valence-corrected chi connectivity index (χ0v) is 8.81. The summed E-state index contributed by atoms with van der Waals surface area (Å²) in [7, 11) is 3.64. The Kier molecular flexibility index (Phi) is 3.61. The molecule has 0 aromatic carbocycles. The smallest absolute Gasteiger partial charge is 0.343 e. The molecule has 1 fully saturated rings. The zero-order valence-electron chi connectivity index (χ0n) is 8.81. The first-order valence-corrected chi connectivity index (χ1v) is 4.27. The van der Waals surface area contributed by atoms with Gasteiger partial charge in [-0.25, -0.2) is 9.59 Å². The van der Waals surface area contributed by atoms with Gasteiger partial charge in [0, 0.05) is 6.42 Å². The number of hydrogen-bond acceptors (Lipinski definition) is 7. The van der Waals surface area contributed by atoms with Crippen LogP contribution in [-0.4, -0.2) is 50.6 Å². The summed E-state index contributed by atoms with van der Waals surface area (Å²) in [6.45, 7) is 0.179. The Morgan fingerprint density at radius 1 is 1.20 bits per heavy atom. The molecule has 0 aromatic heterocycles. The van der Waals surface area contributed by atoms with E-state index in [4.69, 9.17) is 9.68 Å². The van der Waals surface area contributed by atoms with E-state index in [0.29, 0.717) is 0 Å². The Balaban J connectivity index is 3.05. The molecule has 0 unspecified atom stereocenters. The van der Waals surface area contributed by atoms with Gasteiger partial charge in [-0.05, 0) is 5.23 Å². The quantitative estimate of drug-likeness (QED) is 0.457. The predicted octanol–water partition coefficient (Wildman–Crippen LogP) is -0.730. The lowest BCUT2D eigenvalue weighted by Crippen LogP contribution is -2.56. The minimum absolute atomic E-state index is 0.125. The molecule has 0 bridgehead atoms. The molecule has 0 atom stereocenters. The number of hydrogen-bond donors (Lipinski definition) is 0. The van der Waals surface area contributed by atoms with Gasteiger partial charge in [-0.15, -0.1) is 0 Å². The summed E-state index contributed by atoms with van der Waals surface area (Å²) in [5.74, 6) is -1.54. The second-order valence-electron chi connectivity index (χ2n) is 2.87. The van der Waals surface area contributed by atoms with Crippen LogP contribution < -0.4 is 0 Å². The summed E-state index contributed by atoms with van der Waals surface area (Å²) >= 11 is 0. The van der Waals surface area contributed by atoms with E-state index in [-0.39, 0.29) is 13.0 Å². The van der Waals surface area contributed by atoms with Gasteiger partial charge in [0.15, 0.2) is 0 Å². The molecule has 0 radical (unpaired) electrons. The third-order valence-electron chi connectivity index (χ3n) is 2.20. The molecule has 86 valence electrons. The van der Waals surface area contributed by atoms with E-state index in [2.05, 4.69) is 9.47 Å². The van der Waals surface area contributed by atoms with Crippen LogP contribution in [0.2, 0.25) is 0 Å². The molecule has 7 heteroatoms. The molecule has 0 amide bonds. The van der Waals surface area contributed by atoms with Crippen molar-refractivity contribution in [2.45, 2.75) is 12.0 Å². The van der Waals surface area contributed by atoms with E-state index in [9.17, 15) is 9.59 Å². The average molecular weight is 219 g/mol. The van der Waals surface area contributed by atoms with Crippen LogP contribution in [0.1, 0.15) is 6.42 Å². The molecule has 1 heterocycles. The fraction of sp³-hybridized carbons (Fsp3) is 0.750. The van der Waals surface area contributed by atoms with Crippen LogP contribution in [0.25, 0.3) is 0 Å². The van der Waals surface area contributed by atoms with E-state index >= 15 is 0 Å². The molecule has 0 spiro atoms. The molecule has 0 saturated carbocycles. The van der Waals surface area contributed by atoms with Crippen LogP contribution in [0.4, 0.5) is 0 Å². The molecule has 0 aromatic rings. The molecule has 1 aliphatic rings. The second kappa shape index (κ2) is 4.56. The molecule has 1 rings (SSSR count). The standard InChI is InChI=1S/C8H13NO6/c1-12-6(10)8(7(11)13-2)4-5-15-9(8)14-3/h4-5H2,1-3H3. The minimum atomic E-state index is -1.65. The maximum atomic E-state index is 11.6. The normalized spacial score (nSPS) is 19.9. The van der Waals surface area contributed by atoms with Crippen molar-refractivity contribution in [3.63, 3.8) is 0 Å². The zero-order chi connectivity index (χ0) is 11.5. The fourth-order valence-corrected chi connectivity index (χ4v) is 1.46. The predicted molar refractivity (Wildman–Crippen MR) is 46.2 cm³/mol. The van der Waals surface area contributed by atoms with E-state index in [0.717, 1.165) is 5.23 Å². The molecule has 0 aliphatic carbocycles. The SMILES string of the molecule is COC(=O)C1(C(=O)OC)CCON1OC. The van der Waals surface area contributed by atoms with Crippen molar-refractivity contribution in [1.29, 1.82) is 0 Å². The fourth-order valence-electron chi connectivity index (χ4n) is 1.46. The highest BCUT2D eigenvalue weighted by Crippen LogP contribution is 2.30. The maximum Gasteiger partial charge on any atom is 0.343 e. The van der Waals surface area contributed by atoms with Crippen molar-refractivity contribution in [2.75, 3.05) is 27.9 Å². The first-order chi connectivity index (χ1) is 7.13. The van der Waals surface area contributed by atoms with Gasteiger partial charge in [-0.2, -0.15) is 0 Å². The van der Waals surface area contributed by atoms with Crippen molar-refractivity contribution < 1.29 is 28.7 Å². The summed E-state index contributed by atoms with van der Waals surface area (Å²) < 4.78 is 9.10. The van der Waals surface area contributed by atoms with Gasteiger partial charge < -0.3 is 9.47 Å². The van der Waals surface area contributed by atoms with E-state index < -0.39 is 17.5 Å². The van der Waals surface area contributed by atoms with E-state index in [1.54, 1.807) is 0 Å². The molecule has 0 N–H and O–H groups in total. The highest BCUT2D eigenvalue weighted by molar-refractivity contribution is 6.04. The Labute approximate surface area is 86.7 Å². The summed E-state index contributed by atoms with van der Waals surface area (Å²) in [5.41, 5.74) is -1.65. The first-order valence-electron chi connectivity index (χ1n) is 4.27. The van der Waals surface area contributed by atoms with Gasteiger partial charge in [-0.1, -0.05) is 0 Å². The third kappa shape index (κ3) is 1.69. The Morgan fingerprint density at radius 2 is 1.73 bits per heavy atom. The summed E-state index contributed by atoms with van der Waals surface area (Å²) in [6.07, 6.45) is 0.125. The first kappa shape index (κ1) is 11.9. The average Bonchev–Trinajstić information content (AvgIpc) is 2.71. The van der Waals surface area contributed by atoms with Crippen LogP contribution >= 0.6 is 0 Å². The Morgan fingerprint density at radius 3 is 2.13 bits per heavy atom. The molecule has 7 nitrogen and oxygen atoms in total. The molecule has 15 heavy (non-hydrogen) atoms. The number of carbonyl (C=O) groups is 2. The highest BCUT2D eigenvalue weighted by Gasteiger charge is 2.59. The van der Waals surface area contributed by atoms with E-state index in [1.807, 2.05) is 0 Å². The molecular formula is C8H13NO6. The van der Waals surface area contributed by atoms with Crippen molar-refractivity contribution in [3.05, 3.63) is 0 Å². The summed E-state index contributed by atoms with van der Waals surface area (Å²) in [4.78, 5) is 32.9. The summed E-state index contributed by atoms with van der Waals surface area (Å²) in [6, 6.07) is 0. The Hall–Kier alpha value is -1.18. The monoisotopic (exact) mass is 219 g/mol. The van der Waals surface area contributed by atoms with Crippen LogP contribution in [0.15, 0.2) is 0 Å². The van der Waals surface area contributed by atoms with Gasteiger partial charge in [0.05, 0.1) is 27.9 Å². The largest absolute Gasteiger partial charge is 0.467 e. The van der Waals surface area contributed by atoms with Crippen molar-refractivity contribution >= 4 is 11.9 Å². The number of hydroxylamine groups is 2. The van der Waals surface area contributed by atoms with Crippen LogP contribution in [0.3, 0.4) is 0 Å². The third-order valence-corrected chi connectivity index (χ3v) is 2.20. The lowest BCUT2D eigenvalue weighted by atomic mass is 9.98. The molecule has 1 aliphatic heterocycles. The Bertz CT molecular complexity index is 250. The summed E-state index contributed by atoms with van der Waals surface area (Å²) in [5, 5.41) is 0.810. The lowest BCUT2D eigenvalue weighted by Gasteiger charge is -2.28. The van der Waals surface area contributed by atoms with Crippen molar-refractivity contribution in [1.82, 2.24) is 5.23 Å². The van der Waals surface area contributed by atoms with Crippen molar-refractivity contribution in [3.8, 4) is 0 Å². The number of rotatable bonds is 3. The van der Waals surface area contributed by atoms with Crippen LogP contribution in [-0.2, 0) is 28.7 Å².